The van der Waals surface area contributed by atoms with Crippen LogP contribution in [0.15, 0.2) is 73.2 Å². The van der Waals surface area contributed by atoms with Crippen molar-refractivity contribution >= 4 is 38.5 Å². The molecule has 2 aromatic carbocycles. The number of imidazole rings is 1. The number of nitrogens with zero attached hydrogens (tertiary/aromatic N) is 4. The van der Waals surface area contributed by atoms with Gasteiger partial charge in [0.25, 0.3) is 0 Å². The average molecular weight is 358 g/mol. The normalized spacial score (nSPS) is 12.9. The Hall–Kier alpha value is -3.79. The van der Waals surface area contributed by atoms with Crippen molar-refractivity contribution in [3.05, 3.63) is 84.3 Å². The molecule has 0 N–H and O–H groups in total. The highest BCUT2D eigenvalue weighted by Gasteiger charge is 2.21. The summed E-state index contributed by atoms with van der Waals surface area (Å²) in [5.74, 6) is 0. The van der Waals surface area contributed by atoms with Crippen molar-refractivity contribution in [2.75, 3.05) is 0 Å². The van der Waals surface area contributed by atoms with Crippen LogP contribution in [0.3, 0.4) is 0 Å². The van der Waals surface area contributed by atoms with Crippen LogP contribution < -0.4 is 0 Å². The zero-order valence-corrected chi connectivity index (χ0v) is 14.9. The average Bonchev–Trinajstić information content (AvgIpc) is 3.30. The van der Waals surface area contributed by atoms with E-state index in [0.717, 1.165) is 44.9 Å². The van der Waals surface area contributed by atoms with Crippen molar-refractivity contribution in [1.82, 2.24) is 19.4 Å². The molecular formula is C24H14N4. The van der Waals surface area contributed by atoms with E-state index >= 15 is 0 Å². The molecule has 6 aromatic rings. The third kappa shape index (κ3) is 1.68. The van der Waals surface area contributed by atoms with Gasteiger partial charge >= 0.3 is 0 Å². The maximum absolute atomic E-state index is 5.03. The highest BCUT2D eigenvalue weighted by Crippen LogP contribution is 2.40. The number of hydrogen-bond donors (Lipinski definition) is 0. The number of benzene rings is 2. The summed E-state index contributed by atoms with van der Waals surface area (Å²) in [6.45, 7) is 0. The molecule has 0 radical (unpaired) electrons. The number of rotatable bonds is 0. The lowest BCUT2D eigenvalue weighted by Gasteiger charge is -2.08. The van der Waals surface area contributed by atoms with E-state index in [4.69, 9.17) is 4.98 Å². The fourth-order valence-corrected chi connectivity index (χ4v) is 4.69. The van der Waals surface area contributed by atoms with Gasteiger partial charge in [-0.3, -0.25) is 14.4 Å². The van der Waals surface area contributed by atoms with Crippen molar-refractivity contribution in [2.24, 2.45) is 0 Å². The molecule has 0 atom stereocenters. The van der Waals surface area contributed by atoms with Crippen LogP contribution in [-0.4, -0.2) is 19.4 Å². The predicted molar refractivity (Wildman–Crippen MR) is 112 cm³/mol. The Morgan fingerprint density at radius 2 is 1.75 bits per heavy atom. The van der Waals surface area contributed by atoms with Crippen LogP contribution in [0, 0.1) is 0 Å². The van der Waals surface area contributed by atoms with E-state index < -0.39 is 0 Å². The summed E-state index contributed by atoms with van der Waals surface area (Å²) in [5.41, 5.74) is 10.5. The van der Waals surface area contributed by atoms with E-state index in [1.807, 2.05) is 30.7 Å². The summed E-state index contributed by atoms with van der Waals surface area (Å²) in [4.78, 5) is 14.1. The molecule has 0 unspecified atom stereocenters. The first-order valence-electron chi connectivity index (χ1n) is 9.42. The van der Waals surface area contributed by atoms with Crippen molar-refractivity contribution < 1.29 is 0 Å². The summed E-state index contributed by atoms with van der Waals surface area (Å²) in [7, 11) is 0. The number of pyridine rings is 3. The first-order chi connectivity index (χ1) is 13.9. The van der Waals surface area contributed by atoms with Gasteiger partial charge in [-0.25, -0.2) is 4.98 Å². The lowest BCUT2D eigenvalue weighted by molar-refractivity contribution is 1.27. The fourth-order valence-electron chi connectivity index (χ4n) is 4.69. The van der Waals surface area contributed by atoms with E-state index in [1.54, 1.807) is 0 Å². The molecule has 4 heterocycles. The van der Waals surface area contributed by atoms with Gasteiger partial charge in [-0.15, -0.1) is 0 Å². The smallest absolute Gasteiger partial charge is 0.148 e. The van der Waals surface area contributed by atoms with Crippen LogP contribution in [-0.2, 0) is 6.42 Å². The molecule has 0 bridgehead atoms. The molecule has 0 spiro atoms. The fraction of sp³-hybridized carbons (Fsp3) is 0.0417. The van der Waals surface area contributed by atoms with Crippen LogP contribution in [0.2, 0.25) is 0 Å². The van der Waals surface area contributed by atoms with Crippen LogP contribution in [0.1, 0.15) is 11.1 Å². The Kier molecular flexibility index (Phi) is 2.51. The highest BCUT2D eigenvalue weighted by atomic mass is 15.0. The molecule has 1 aliphatic rings. The second kappa shape index (κ2) is 4.93. The summed E-state index contributed by atoms with van der Waals surface area (Å²) in [6.07, 6.45) is 6.54. The van der Waals surface area contributed by atoms with Crippen LogP contribution in [0.4, 0.5) is 0 Å². The van der Waals surface area contributed by atoms with Gasteiger partial charge in [0, 0.05) is 29.4 Å². The lowest BCUT2D eigenvalue weighted by Crippen LogP contribution is -1.93. The number of fused-ring (bicyclic) bond motifs is 11. The van der Waals surface area contributed by atoms with Gasteiger partial charge in [-0.2, -0.15) is 0 Å². The van der Waals surface area contributed by atoms with Gasteiger partial charge in [0.1, 0.15) is 5.65 Å². The third-order valence-electron chi connectivity index (χ3n) is 5.91. The second-order valence-corrected chi connectivity index (χ2v) is 7.40. The maximum Gasteiger partial charge on any atom is 0.148 e. The topological polar surface area (TPSA) is 43.1 Å². The molecule has 0 saturated heterocycles. The first kappa shape index (κ1) is 14.3. The van der Waals surface area contributed by atoms with E-state index in [-0.39, 0.29) is 0 Å². The number of hydrogen-bond acceptors (Lipinski definition) is 3. The molecule has 1 aliphatic carbocycles. The zero-order valence-electron chi connectivity index (χ0n) is 14.9. The molecule has 0 amide bonds. The molecule has 130 valence electrons. The van der Waals surface area contributed by atoms with Crippen molar-refractivity contribution in [2.45, 2.75) is 6.42 Å². The highest BCUT2D eigenvalue weighted by molar-refractivity contribution is 6.12. The molecule has 4 heteroatoms. The molecule has 0 aliphatic heterocycles. The molecular weight excluding hydrogens is 344 g/mol. The van der Waals surface area contributed by atoms with Gasteiger partial charge < -0.3 is 0 Å². The monoisotopic (exact) mass is 358 g/mol. The Morgan fingerprint density at radius 1 is 0.786 bits per heavy atom. The standard InChI is InChI=1S/C24H14N4/c1-2-5-16-14(4-1)10-15-11-20-22(12-18(15)16)28-21-6-3-8-26-23(21)17-7-9-25-13-19(17)24(28)27-20/h1-9,11-13H,10H2. The minimum absolute atomic E-state index is 0.940. The first-order valence-corrected chi connectivity index (χ1v) is 9.42. The van der Waals surface area contributed by atoms with Crippen LogP contribution in [0.5, 0.6) is 0 Å². The van der Waals surface area contributed by atoms with Gasteiger partial charge in [0.2, 0.25) is 0 Å². The van der Waals surface area contributed by atoms with Crippen molar-refractivity contribution in [3.63, 3.8) is 0 Å². The summed E-state index contributed by atoms with van der Waals surface area (Å²) in [5, 5.41) is 2.12. The maximum atomic E-state index is 5.03. The molecule has 7 rings (SSSR count). The zero-order chi connectivity index (χ0) is 18.2. The SMILES string of the molecule is c1ccc2c(c1)Cc1cc3nc4c5cnccc5c5ncccc5n4c3cc1-2. The Bertz CT molecular complexity index is 1590. The van der Waals surface area contributed by atoms with E-state index in [1.165, 1.54) is 22.3 Å². The largest absolute Gasteiger partial charge is 0.290 e. The molecule has 0 saturated carbocycles. The predicted octanol–water partition coefficient (Wildman–Crippen LogP) is 5.16. The Balaban J connectivity index is 1.72. The molecule has 0 fully saturated rings. The van der Waals surface area contributed by atoms with Gasteiger partial charge in [-0.05, 0) is 59.0 Å². The molecule has 28 heavy (non-hydrogen) atoms. The van der Waals surface area contributed by atoms with E-state index in [9.17, 15) is 0 Å². The number of aromatic nitrogens is 4. The Labute approximate surface area is 160 Å². The Morgan fingerprint density at radius 3 is 2.75 bits per heavy atom. The lowest BCUT2D eigenvalue weighted by atomic mass is 10.1. The van der Waals surface area contributed by atoms with Crippen molar-refractivity contribution in [1.29, 1.82) is 0 Å². The summed E-state index contributed by atoms with van der Waals surface area (Å²) in [6, 6.07) is 19.4. The quantitative estimate of drug-likeness (QED) is 0.352. The van der Waals surface area contributed by atoms with Crippen LogP contribution >= 0.6 is 0 Å². The summed E-state index contributed by atoms with van der Waals surface area (Å²) >= 11 is 0. The van der Waals surface area contributed by atoms with Gasteiger partial charge in [0.15, 0.2) is 0 Å². The minimum Gasteiger partial charge on any atom is -0.290 e. The van der Waals surface area contributed by atoms with E-state index in [0.29, 0.717) is 0 Å². The minimum atomic E-state index is 0.940. The van der Waals surface area contributed by atoms with Gasteiger partial charge in [0.05, 0.1) is 22.1 Å². The third-order valence-corrected chi connectivity index (χ3v) is 5.91. The molecule has 4 nitrogen and oxygen atoms in total. The van der Waals surface area contributed by atoms with Crippen molar-refractivity contribution in [3.8, 4) is 11.1 Å². The van der Waals surface area contributed by atoms with Gasteiger partial charge in [-0.1, -0.05) is 24.3 Å². The second-order valence-electron chi connectivity index (χ2n) is 7.40. The molecule has 4 aromatic heterocycles. The van der Waals surface area contributed by atoms with E-state index in [2.05, 4.69) is 56.8 Å². The summed E-state index contributed by atoms with van der Waals surface area (Å²) < 4.78 is 2.24. The van der Waals surface area contributed by atoms with Crippen LogP contribution in [0.25, 0.3) is 49.6 Å².